The first-order chi connectivity index (χ1) is 14.5. The maximum absolute atomic E-state index is 13.0. The molecule has 0 aliphatic heterocycles. The molecule has 0 saturated heterocycles. The third kappa shape index (κ3) is 4.61. The van der Waals surface area contributed by atoms with E-state index in [1.807, 2.05) is 48.5 Å². The lowest BCUT2D eigenvalue weighted by molar-refractivity contribution is -0.115. The molecule has 2 aromatic carbocycles. The van der Waals surface area contributed by atoms with Crippen molar-refractivity contribution in [2.45, 2.75) is 37.0 Å². The van der Waals surface area contributed by atoms with E-state index in [-0.39, 0.29) is 24.0 Å². The fourth-order valence-electron chi connectivity index (χ4n) is 3.61. The van der Waals surface area contributed by atoms with Crippen LogP contribution in [-0.4, -0.2) is 22.4 Å². The lowest BCUT2D eigenvalue weighted by Gasteiger charge is -2.20. The number of hydrogen-bond donors (Lipinski definition) is 1. The van der Waals surface area contributed by atoms with Gasteiger partial charge in [0.2, 0.25) is 5.91 Å². The topological polar surface area (TPSA) is 59.1 Å². The highest BCUT2D eigenvalue weighted by Gasteiger charge is 2.33. The number of thioether (sulfide) groups is 1. The molecule has 1 aliphatic carbocycles. The largest absolute Gasteiger partial charge is 0.302 e. The summed E-state index contributed by atoms with van der Waals surface area (Å²) in [6.45, 7) is 2.11. The van der Waals surface area contributed by atoms with Gasteiger partial charge in [0.1, 0.15) is 0 Å². The van der Waals surface area contributed by atoms with Crippen molar-refractivity contribution in [3.63, 3.8) is 0 Å². The number of nitrogens with one attached hydrogen (secondary N) is 1. The number of anilines is 1. The van der Waals surface area contributed by atoms with Crippen LogP contribution in [-0.2, 0) is 17.6 Å². The number of benzene rings is 2. The van der Waals surface area contributed by atoms with Crippen LogP contribution in [0.1, 0.15) is 45.8 Å². The van der Waals surface area contributed by atoms with Crippen LogP contribution in [0, 0.1) is 0 Å². The van der Waals surface area contributed by atoms with E-state index in [2.05, 4.69) is 17.2 Å². The van der Waals surface area contributed by atoms with Gasteiger partial charge in [0.05, 0.1) is 22.9 Å². The van der Waals surface area contributed by atoms with Gasteiger partial charge >= 0.3 is 0 Å². The Labute approximate surface area is 189 Å². The summed E-state index contributed by atoms with van der Waals surface area (Å²) in [6.07, 6.45) is 1.65. The monoisotopic (exact) mass is 456 g/mol. The molecule has 0 fully saturated rings. The number of carbonyl (C=O) groups excluding carboxylic acids is 2. The van der Waals surface area contributed by atoms with Crippen molar-refractivity contribution in [3.8, 4) is 0 Å². The van der Waals surface area contributed by atoms with Crippen LogP contribution in [0.2, 0.25) is 5.02 Å². The number of fused-ring (bicyclic) bond motifs is 1. The summed E-state index contributed by atoms with van der Waals surface area (Å²) in [5.41, 5.74) is 2.58. The van der Waals surface area contributed by atoms with Gasteiger partial charge in [-0.25, -0.2) is 4.98 Å². The third-order valence-electron chi connectivity index (χ3n) is 5.03. The Balaban J connectivity index is 1.44. The van der Waals surface area contributed by atoms with E-state index in [4.69, 9.17) is 11.6 Å². The summed E-state index contributed by atoms with van der Waals surface area (Å²) < 4.78 is 0. The number of aryl methyl sites for hydroxylation is 1. The van der Waals surface area contributed by atoms with Gasteiger partial charge in [-0.3, -0.25) is 9.59 Å². The summed E-state index contributed by atoms with van der Waals surface area (Å²) in [4.78, 5) is 31.8. The van der Waals surface area contributed by atoms with Gasteiger partial charge in [0.25, 0.3) is 0 Å². The molecule has 7 heteroatoms. The predicted molar refractivity (Wildman–Crippen MR) is 124 cm³/mol. The number of amides is 1. The van der Waals surface area contributed by atoms with E-state index >= 15 is 0 Å². The van der Waals surface area contributed by atoms with Gasteiger partial charge in [-0.05, 0) is 47.9 Å². The summed E-state index contributed by atoms with van der Waals surface area (Å²) in [6, 6.07) is 15.5. The Morgan fingerprint density at radius 1 is 1.23 bits per heavy atom. The molecule has 0 bridgehead atoms. The van der Waals surface area contributed by atoms with Gasteiger partial charge in [-0.1, -0.05) is 60.2 Å². The number of hydrogen-bond acceptors (Lipinski definition) is 5. The van der Waals surface area contributed by atoms with Crippen LogP contribution in [0.4, 0.5) is 5.13 Å². The molecule has 4 rings (SSSR count). The normalized spacial score (nSPS) is 15.7. The maximum atomic E-state index is 13.0. The van der Waals surface area contributed by atoms with Crippen LogP contribution in [0.25, 0.3) is 0 Å². The summed E-state index contributed by atoms with van der Waals surface area (Å²) in [5, 5.41) is 3.95. The molecule has 3 aromatic rings. The van der Waals surface area contributed by atoms with Crippen molar-refractivity contribution in [2.24, 2.45) is 0 Å². The second-order valence-corrected chi connectivity index (χ2v) is 9.82. The molecule has 1 atom stereocenters. The lowest BCUT2D eigenvalue weighted by atomic mass is 9.84. The number of aromatic nitrogens is 1. The standard InChI is InChI=1S/C23H21ClN2O2S2/c1-2-29-15-9-7-14(8-10-15)13-20(27)26-23-25-19-12-11-17(21(28)22(19)30-23)16-5-3-4-6-18(16)24/h3-10,17H,2,11-13H2,1H3,(H,25,26,27). The van der Waals surface area contributed by atoms with E-state index in [0.29, 0.717) is 27.9 Å². The van der Waals surface area contributed by atoms with Crippen molar-refractivity contribution < 1.29 is 9.59 Å². The van der Waals surface area contributed by atoms with Crippen LogP contribution in [0.5, 0.6) is 0 Å². The molecule has 30 heavy (non-hydrogen) atoms. The van der Waals surface area contributed by atoms with Crippen molar-refractivity contribution in [3.05, 3.63) is 75.3 Å². The zero-order valence-electron chi connectivity index (χ0n) is 16.5. The number of nitrogens with zero attached hydrogens (tertiary/aromatic N) is 1. The molecule has 1 N–H and O–H groups in total. The van der Waals surface area contributed by atoms with E-state index in [1.165, 1.54) is 16.2 Å². The first-order valence-corrected chi connectivity index (χ1v) is 12.0. The highest BCUT2D eigenvalue weighted by atomic mass is 35.5. The van der Waals surface area contributed by atoms with Crippen LogP contribution < -0.4 is 5.32 Å². The second kappa shape index (κ2) is 9.33. The smallest absolute Gasteiger partial charge is 0.230 e. The zero-order valence-corrected chi connectivity index (χ0v) is 18.9. The Hall–Kier alpha value is -2.15. The molecule has 0 saturated carbocycles. The number of thiazole rings is 1. The quantitative estimate of drug-likeness (QED) is 0.462. The molecule has 4 nitrogen and oxygen atoms in total. The first kappa shape index (κ1) is 21.1. The average molecular weight is 457 g/mol. The molecule has 0 radical (unpaired) electrons. The number of halogens is 1. The highest BCUT2D eigenvalue weighted by Crippen LogP contribution is 2.39. The van der Waals surface area contributed by atoms with Crippen molar-refractivity contribution in [1.29, 1.82) is 0 Å². The molecule has 1 aliphatic rings. The van der Waals surface area contributed by atoms with E-state index in [1.54, 1.807) is 11.8 Å². The molecular weight excluding hydrogens is 436 g/mol. The van der Waals surface area contributed by atoms with Crippen molar-refractivity contribution >= 4 is 51.5 Å². The van der Waals surface area contributed by atoms with Gasteiger partial charge in [-0.15, -0.1) is 11.8 Å². The van der Waals surface area contributed by atoms with Gasteiger partial charge in [-0.2, -0.15) is 0 Å². The minimum absolute atomic E-state index is 0.0337. The Kier molecular flexibility index (Phi) is 6.56. The Morgan fingerprint density at radius 2 is 2.00 bits per heavy atom. The Morgan fingerprint density at radius 3 is 2.73 bits per heavy atom. The van der Waals surface area contributed by atoms with Gasteiger partial charge in [0, 0.05) is 9.92 Å². The fraction of sp³-hybridized carbons (Fsp3) is 0.261. The fourth-order valence-corrected chi connectivity index (χ4v) is 5.56. The van der Waals surface area contributed by atoms with E-state index in [9.17, 15) is 9.59 Å². The number of carbonyl (C=O) groups is 2. The number of ketones is 1. The van der Waals surface area contributed by atoms with Gasteiger partial charge < -0.3 is 5.32 Å². The predicted octanol–water partition coefficient (Wildman–Crippen LogP) is 6.00. The van der Waals surface area contributed by atoms with Crippen LogP contribution >= 0.6 is 34.7 Å². The molecule has 154 valence electrons. The molecule has 1 heterocycles. The van der Waals surface area contributed by atoms with Crippen molar-refractivity contribution in [2.75, 3.05) is 11.1 Å². The van der Waals surface area contributed by atoms with Crippen LogP contribution in [0.15, 0.2) is 53.4 Å². The summed E-state index contributed by atoms with van der Waals surface area (Å²) >= 11 is 9.33. The molecule has 0 spiro atoms. The Bertz CT molecular complexity index is 1080. The minimum atomic E-state index is -0.255. The maximum Gasteiger partial charge on any atom is 0.230 e. The third-order valence-corrected chi connectivity index (χ3v) is 7.30. The van der Waals surface area contributed by atoms with Crippen LogP contribution in [0.3, 0.4) is 0 Å². The number of rotatable bonds is 6. The lowest BCUT2D eigenvalue weighted by Crippen LogP contribution is -2.19. The minimum Gasteiger partial charge on any atom is -0.302 e. The second-order valence-electron chi connectivity index (χ2n) is 7.07. The molecule has 1 amide bonds. The van der Waals surface area contributed by atoms with E-state index in [0.717, 1.165) is 22.6 Å². The average Bonchev–Trinajstić information content (AvgIpc) is 3.14. The zero-order chi connectivity index (χ0) is 21.1. The summed E-state index contributed by atoms with van der Waals surface area (Å²) in [5.74, 6) is 0.665. The molecular formula is C23H21ClN2O2S2. The first-order valence-electron chi connectivity index (χ1n) is 9.85. The molecule has 1 unspecified atom stereocenters. The highest BCUT2D eigenvalue weighted by molar-refractivity contribution is 7.99. The van der Waals surface area contributed by atoms with Gasteiger partial charge in [0.15, 0.2) is 10.9 Å². The SMILES string of the molecule is CCSc1ccc(CC(=O)Nc2nc3c(s2)C(=O)C(c2ccccc2Cl)CC3)cc1. The van der Waals surface area contributed by atoms with E-state index < -0.39 is 0 Å². The number of Topliss-reactive ketones (excluding diaryl/α,β-unsaturated/α-hetero) is 1. The van der Waals surface area contributed by atoms with Crippen molar-refractivity contribution in [1.82, 2.24) is 4.98 Å². The summed E-state index contributed by atoms with van der Waals surface area (Å²) in [7, 11) is 0. The molecule has 1 aromatic heterocycles.